The topological polar surface area (TPSA) is 124 Å². The molecule has 9 nitrogen and oxygen atoms in total. The summed E-state index contributed by atoms with van der Waals surface area (Å²) in [7, 11) is 1.31. The van der Waals surface area contributed by atoms with Crippen LogP contribution in [0.5, 0.6) is 11.9 Å². The number of methoxy groups -OCH3 is 1. The minimum Gasteiger partial charge on any atom is -0.474 e. The van der Waals surface area contributed by atoms with Crippen LogP contribution in [0, 0.1) is 31.3 Å². The highest BCUT2D eigenvalue weighted by molar-refractivity contribution is 5.96. The van der Waals surface area contributed by atoms with E-state index < -0.39 is 35.0 Å². The van der Waals surface area contributed by atoms with Crippen molar-refractivity contribution in [1.82, 2.24) is 25.2 Å². The van der Waals surface area contributed by atoms with Gasteiger partial charge in [-0.1, -0.05) is 41.5 Å². The van der Waals surface area contributed by atoms with Gasteiger partial charge in [-0.15, -0.1) is 0 Å². The summed E-state index contributed by atoms with van der Waals surface area (Å²) in [4.78, 5) is 14.6. The van der Waals surface area contributed by atoms with Crippen LogP contribution in [0.15, 0.2) is 0 Å². The number of halogens is 4. The maximum atomic E-state index is 15.7. The Labute approximate surface area is 283 Å². The van der Waals surface area contributed by atoms with Crippen LogP contribution in [0.3, 0.4) is 0 Å². The fourth-order valence-corrected chi connectivity index (χ4v) is 5.93. The molecule has 0 amide bonds. The van der Waals surface area contributed by atoms with Crippen molar-refractivity contribution in [3.63, 3.8) is 0 Å². The number of pyridine rings is 1. The van der Waals surface area contributed by atoms with E-state index in [1.165, 1.54) is 33.8 Å². The first kappa shape index (κ1) is 40.7. The van der Waals surface area contributed by atoms with Crippen LogP contribution >= 0.6 is 0 Å². The molecule has 2 aromatic heterocycles. The Morgan fingerprint density at radius 1 is 0.938 bits per heavy atom. The average molecular weight is 682 g/mol. The summed E-state index contributed by atoms with van der Waals surface area (Å²) in [5.41, 5.74) is 10.2. The predicted octanol–water partition coefficient (Wildman–Crippen LogP) is 7.69. The van der Waals surface area contributed by atoms with Crippen molar-refractivity contribution in [2.75, 3.05) is 38.2 Å². The molecule has 270 valence electrons. The Morgan fingerprint density at radius 3 is 2.15 bits per heavy atom. The summed E-state index contributed by atoms with van der Waals surface area (Å²) >= 11 is 0. The smallest absolute Gasteiger partial charge is 0.318 e. The number of alkyl halides is 1. The number of anilines is 2. The fraction of sp³-hybridized carbons (Fsp3) is 0.629. The van der Waals surface area contributed by atoms with Gasteiger partial charge in [-0.05, 0) is 77.1 Å². The molecule has 4 atom stereocenters. The normalized spacial score (nSPS) is 19.9. The molecule has 3 saturated heterocycles. The first-order valence-electron chi connectivity index (χ1n) is 17.2. The van der Waals surface area contributed by atoms with Crippen LogP contribution in [0.4, 0.5) is 29.1 Å². The molecule has 4 unspecified atom stereocenters. The van der Waals surface area contributed by atoms with E-state index in [1.54, 1.807) is 0 Å². The number of hydrogen-bond donors (Lipinski definition) is 3. The van der Waals surface area contributed by atoms with Gasteiger partial charge in [0.05, 0.1) is 13.2 Å². The minimum absolute atomic E-state index is 0.0373. The Hall–Kier alpha value is -3.45. The van der Waals surface area contributed by atoms with Crippen molar-refractivity contribution >= 4 is 22.4 Å². The number of rotatable bonds is 6. The molecule has 0 aliphatic carbocycles. The number of aromatic nitrogens is 3. The highest BCUT2D eigenvalue weighted by Crippen LogP contribution is 2.40. The van der Waals surface area contributed by atoms with E-state index in [9.17, 15) is 8.78 Å². The molecule has 3 fully saturated rings. The van der Waals surface area contributed by atoms with Gasteiger partial charge in [0.1, 0.15) is 34.3 Å². The highest BCUT2D eigenvalue weighted by atomic mass is 19.1. The molecule has 5 N–H and O–H groups in total. The lowest BCUT2D eigenvalue weighted by atomic mass is 9.97. The molecule has 3 aliphatic rings. The van der Waals surface area contributed by atoms with Crippen molar-refractivity contribution in [2.45, 2.75) is 119 Å². The van der Waals surface area contributed by atoms with Crippen molar-refractivity contribution in [3.05, 3.63) is 28.6 Å². The van der Waals surface area contributed by atoms with Crippen LogP contribution in [-0.2, 0) is 0 Å². The number of nitrogens with zero attached hydrogens (tertiary/aromatic N) is 4. The highest BCUT2D eigenvalue weighted by Gasteiger charge is 2.35. The van der Waals surface area contributed by atoms with E-state index >= 15 is 8.78 Å². The lowest BCUT2D eigenvalue weighted by Gasteiger charge is -2.30. The van der Waals surface area contributed by atoms with E-state index in [4.69, 9.17) is 20.9 Å². The molecular formula is C35H55F4N7O2. The van der Waals surface area contributed by atoms with Crippen LogP contribution in [0.25, 0.3) is 22.2 Å². The van der Waals surface area contributed by atoms with Crippen molar-refractivity contribution in [2.24, 2.45) is 0 Å². The van der Waals surface area contributed by atoms with Crippen LogP contribution < -0.4 is 26.3 Å². The largest absolute Gasteiger partial charge is 0.474 e. The third-order valence-electron chi connectivity index (χ3n) is 8.45. The number of nitrogen functional groups attached to an aromatic ring is 2. The fourth-order valence-electron chi connectivity index (χ4n) is 5.93. The Morgan fingerprint density at radius 2 is 1.58 bits per heavy atom. The first-order chi connectivity index (χ1) is 23.0. The number of fused-ring (bicyclic) bond motifs is 2. The molecule has 0 spiro atoms. The summed E-state index contributed by atoms with van der Waals surface area (Å²) in [6, 6.07) is 0.722. The molecule has 0 radical (unpaired) electrons. The van der Waals surface area contributed by atoms with Gasteiger partial charge < -0.3 is 26.3 Å². The van der Waals surface area contributed by atoms with Gasteiger partial charge in [0, 0.05) is 24.2 Å². The SMILES string of the molecule is CC.CC.CC.COc1nc(N)c2c(OC(C)CC3CCN3)nc(-c3c(C)c(C)c(F)c(N)c3F)c(F)c2n1.FC1CC2CCCN2C1. The lowest BCUT2D eigenvalue weighted by molar-refractivity contribution is 0.170. The van der Waals surface area contributed by atoms with Gasteiger partial charge in [-0.25, -0.2) is 22.5 Å². The van der Waals surface area contributed by atoms with E-state index in [-0.39, 0.29) is 51.4 Å². The molecule has 3 aromatic rings. The van der Waals surface area contributed by atoms with Crippen LogP contribution in [0.1, 0.15) is 91.7 Å². The summed E-state index contributed by atoms with van der Waals surface area (Å²) in [5, 5.41) is 3.32. The number of ether oxygens (including phenoxy) is 2. The van der Waals surface area contributed by atoms with Gasteiger partial charge >= 0.3 is 6.01 Å². The number of nitrogens with one attached hydrogen (secondary N) is 1. The molecule has 5 heterocycles. The average Bonchev–Trinajstić information content (AvgIpc) is 3.66. The Kier molecular flexibility index (Phi) is 16.1. The monoisotopic (exact) mass is 681 g/mol. The maximum absolute atomic E-state index is 15.7. The van der Waals surface area contributed by atoms with Gasteiger partial charge in [-0.2, -0.15) is 9.97 Å². The zero-order valence-corrected chi connectivity index (χ0v) is 30.2. The second-order valence-electron chi connectivity index (χ2n) is 11.3. The number of hydrogen-bond acceptors (Lipinski definition) is 9. The quantitative estimate of drug-likeness (QED) is 0.177. The summed E-state index contributed by atoms with van der Waals surface area (Å²) in [5.74, 6) is -3.17. The molecule has 13 heteroatoms. The van der Waals surface area contributed by atoms with Crippen molar-refractivity contribution < 1.29 is 27.0 Å². The van der Waals surface area contributed by atoms with E-state index in [1.807, 2.05) is 48.5 Å². The predicted molar refractivity (Wildman–Crippen MR) is 187 cm³/mol. The minimum atomic E-state index is -1.12. The second kappa shape index (κ2) is 18.9. The molecule has 3 aliphatic heterocycles. The summed E-state index contributed by atoms with van der Waals surface area (Å²) < 4.78 is 68.8. The molecule has 0 bridgehead atoms. The Balaban J connectivity index is 0.000000445. The van der Waals surface area contributed by atoms with E-state index in [0.29, 0.717) is 25.0 Å². The van der Waals surface area contributed by atoms with Crippen molar-refractivity contribution in [1.29, 1.82) is 0 Å². The zero-order chi connectivity index (χ0) is 36.3. The third kappa shape index (κ3) is 8.96. The van der Waals surface area contributed by atoms with E-state index in [0.717, 1.165) is 25.9 Å². The zero-order valence-electron chi connectivity index (χ0n) is 30.2. The lowest BCUT2D eigenvalue weighted by Crippen LogP contribution is -2.45. The molecule has 0 saturated carbocycles. The molecule has 6 rings (SSSR count). The van der Waals surface area contributed by atoms with Crippen molar-refractivity contribution in [3.8, 4) is 23.1 Å². The van der Waals surface area contributed by atoms with Crippen LogP contribution in [0.2, 0.25) is 0 Å². The summed E-state index contributed by atoms with van der Waals surface area (Å²) in [6.07, 6.45) is 4.16. The number of benzene rings is 1. The second-order valence-corrected chi connectivity index (χ2v) is 11.3. The Bertz CT molecular complexity index is 1450. The number of nitrogens with two attached hydrogens (primary N) is 2. The summed E-state index contributed by atoms with van der Waals surface area (Å²) in [6.45, 7) is 19.5. The molecule has 1 aromatic carbocycles. The first-order valence-corrected chi connectivity index (χ1v) is 17.2. The standard InChI is InChI=1S/C22H25F3N6O2.C7H12FN.3C2H6/c1-8(7-11-5-6-28-11)33-21-13-19(30-22(32-4)31-20(13)27)16(25)18(29-21)12-9(2)10(3)14(23)17(26)15(12)24;8-6-4-7-2-1-3-9(7)5-6;3*1-2/h8,11,28H,5-7,26H2,1-4H3,(H2,27,30,31);6-7H,1-5H2;3*1-2H3. The maximum Gasteiger partial charge on any atom is 0.318 e. The van der Waals surface area contributed by atoms with E-state index in [2.05, 4.69) is 25.2 Å². The third-order valence-corrected chi connectivity index (χ3v) is 8.45. The molecular weight excluding hydrogens is 626 g/mol. The van der Waals surface area contributed by atoms with Gasteiger partial charge in [0.2, 0.25) is 5.88 Å². The van der Waals surface area contributed by atoms with Gasteiger partial charge in [-0.3, -0.25) is 4.90 Å². The van der Waals surface area contributed by atoms with Crippen LogP contribution in [-0.4, -0.2) is 71.0 Å². The molecule has 48 heavy (non-hydrogen) atoms. The van der Waals surface area contributed by atoms with Gasteiger partial charge in [0.15, 0.2) is 17.5 Å². The van der Waals surface area contributed by atoms with Gasteiger partial charge in [0.25, 0.3) is 0 Å².